The van der Waals surface area contributed by atoms with Crippen LogP contribution in [0, 0.1) is 5.41 Å². The number of carbonyl (C=O) groups excluding carboxylic acids is 1. The van der Waals surface area contributed by atoms with Gasteiger partial charge in [0.25, 0.3) is 6.47 Å². The number of amides is 1. The number of rotatable bonds is 4. The molecule has 2 fully saturated rings. The Kier molecular flexibility index (Phi) is 7.59. The molecule has 1 spiro atoms. The van der Waals surface area contributed by atoms with Crippen molar-refractivity contribution in [1.29, 1.82) is 0 Å². The Bertz CT molecular complexity index is 676. The molecule has 1 aromatic heterocycles. The third-order valence-corrected chi connectivity index (χ3v) is 5.46. The van der Waals surface area contributed by atoms with Gasteiger partial charge in [0.15, 0.2) is 11.5 Å². The number of nitrogens with zero attached hydrogens (tertiary/aromatic N) is 3. The lowest BCUT2D eigenvalue weighted by atomic mass is 9.71. The van der Waals surface area contributed by atoms with Gasteiger partial charge >= 0.3 is 0 Å². The number of likely N-dealkylation sites (N-methyl/N-ethyl adjacent to an activating group) is 1. The summed E-state index contributed by atoms with van der Waals surface area (Å²) in [6.07, 6.45) is 3.40. The van der Waals surface area contributed by atoms with Gasteiger partial charge in [-0.2, -0.15) is 0 Å². The second-order valence-electron chi connectivity index (χ2n) is 7.20. The normalized spacial score (nSPS) is 21.6. The maximum absolute atomic E-state index is 12.6. The molecule has 156 valence electrons. The molecule has 1 unspecified atom stereocenters. The van der Waals surface area contributed by atoms with Crippen molar-refractivity contribution in [1.82, 2.24) is 14.8 Å². The number of ether oxygens (including phenoxy) is 2. The van der Waals surface area contributed by atoms with E-state index in [0.717, 1.165) is 31.6 Å². The summed E-state index contributed by atoms with van der Waals surface area (Å²) < 4.78 is 10.8. The summed E-state index contributed by atoms with van der Waals surface area (Å²) in [5.74, 6) is 1.51. The molecule has 0 saturated carbocycles. The lowest BCUT2D eigenvalue weighted by Gasteiger charge is -2.47. The minimum atomic E-state index is -0.422. The number of piperidine rings is 2. The van der Waals surface area contributed by atoms with Gasteiger partial charge in [0.1, 0.15) is 5.69 Å². The zero-order valence-corrected chi connectivity index (χ0v) is 16.6. The first kappa shape index (κ1) is 21.9. The molecule has 2 aliphatic heterocycles. The number of methoxy groups -OCH3 is 2. The van der Waals surface area contributed by atoms with E-state index in [4.69, 9.17) is 19.4 Å². The quantitative estimate of drug-likeness (QED) is 0.713. The van der Waals surface area contributed by atoms with E-state index in [-0.39, 0.29) is 12.4 Å². The van der Waals surface area contributed by atoms with E-state index in [2.05, 4.69) is 9.88 Å². The molecule has 1 aromatic rings. The van der Waals surface area contributed by atoms with Crippen molar-refractivity contribution in [3.63, 3.8) is 0 Å². The van der Waals surface area contributed by atoms with E-state index in [1.165, 1.54) is 0 Å². The van der Waals surface area contributed by atoms with Gasteiger partial charge in [0.05, 0.1) is 25.7 Å². The van der Waals surface area contributed by atoms with Crippen LogP contribution in [0.3, 0.4) is 0 Å². The fourth-order valence-corrected chi connectivity index (χ4v) is 4.14. The zero-order valence-electron chi connectivity index (χ0n) is 16.6. The van der Waals surface area contributed by atoms with Crippen LogP contribution < -0.4 is 9.47 Å². The standard InChI is InChI=1S/C18H27N3O4.CH2O2/c1-20-11-13(22)10-18(17(20)23)5-8-21(9-6-18)12-14-16(25-3)15(24-2)4-7-19-14;2-1-3/h4,7,13,22H,5-6,8-12H2,1-3H3;1H,(H,2,3). The first-order chi connectivity index (χ1) is 13.4. The van der Waals surface area contributed by atoms with E-state index in [9.17, 15) is 9.90 Å². The molecule has 2 aliphatic rings. The first-order valence-corrected chi connectivity index (χ1v) is 9.20. The summed E-state index contributed by atoms with van der Waals surface area (Å²) in [6, 6.07) is 1.78. The number of β-amino-alcohol motifs (C(OH)–C–C–N with tert-alkyl or cyclic N) is 1. The van der Waals surface area contributed by atoms with Gasteiger partial charge in [0.2, 0.25) is 5.91 Å². The van der Waals surface area contributed by atoms with Gasteiger partial charge < -0.3 is 24.6 Å². The molecule has 3 rings (SSSR count). The summed E-state index contributed by atoms with van der Waals surface area (Å²) in [6.45, 7) is 2.45. The molecule has 2 N–H and O–H groups in total. The van der Waals surface area contributed by atoms with Crippen LogP contribution in [0.4, 0.5) is 0 Å². The predicted octanol–water partition coefficient (Wildman–Crippen LogP) is 0.605. The number of likely N-dealkylation sites (tertiary alicyclic amines) is 2. The van der Waals surface area contributed by atoms with Gasteiger partial charge in [0, 0.05) is 32.4 Å². The Morgan fingerprint density at radius 3 is 2.54 bits per heavy atom. The summed E-state index contributed by atoms with van der Waals surface area (Å²) in [5, 5.41) is 17.0. The number of aliphatic hydroxyl groups is 1. The van der Waals surface area contributed by atoms with Crippen LogP contribution in [0.5, 0.6) is 11.5 Å². The van der Waals surface area contributed by atoms with E-state index in [0.29, 0.717) is 31.0 Å². The van der Waals surface area contributed by atoms with Crippen LogP contribution >= 0.6 is 0 Å². The summed E-state index contributed by atoms with van der Waals surface area (Å²) in [5.41, 5.74) is 0.430. The molecule has 1 amide bonds. The van der Waals surface area contributed by atoms with E-state index in [1.807, 2.05) is 0 Å². The molecule has 28 heavy (non-hydrogen) atoms. The van der Waals surface area contributed by atoms with Gasteiger partial charge in [-0.05, 0) is 32.4 Å². The molecule has 3 heterocycles. The number of hydrogen-bond acceptors (Lipinski definition) is 7. The fraction of sp³-hybridized carbons (Fsp3) is 0.632. The van der Waals surface area contributed by atoms with E-state index in [1.54, 1.807) is 38.4 Å². The number of pyridine rings is 1. The van der Waals surface area contributed by atoms with Crippen molar-refractivity contribution in [2.75, 3.05) is 40.9 Å². The van der Waals surface area contributed by atoms with Crippen molar-refractivity contribution in [2.24, 2.45) is 5.41 Å². The monoisotopic (exact) mass is 395 g/mol. The number of aliphatic hydroxyl groups excluding tert-OH is 1. The lowest BCUT2D eigenvalue weighted by Crippen LogP contribution is -2.56. The number of carbonyl (C=O) groups is 2. The fourth-order valence-electron chi connectivity index (χ4n) is 4.14. The number of aromatic nitrogens is 1. The molecular formula is C19H29N3O6. The van der Waals surface area contributed by atoms with Crippen LogP contribution in [-0.4, -0.2) is 84.4 Å². The number of hydrogen-bond donors (Lipinski definition) is 2. The van der Waals surface area contributed by atoms with Gasteiger partial charge in [-0.1, -0.05) is 0 Å². The second kappa shape index (κ2) is 9.70. The largest absolute Gasteiger partial charge is 0.493 e. The SMILES string of the molecule is COc1ccnc(CN2CCC3(CC2)CC(O)CN(C)C3=O)c1OC.O=CO. The summed E-state index contributed by atoms with van der Waals surface area (Å²) >= 11 is 0. The van der Waals surface area contributed by atoms with Crippen LogP contribution in [0.1, 0.15) is 25.0 Å². The van der Waals surface area contributed by atoms with Gasteiger partial charge in [-0.25, -0.2) is 0 Å². The smallest absolute Gasteiger partial charge is 0.290 e. The minimum absolute atomic E-state index is 0.175. The highest BCUT2D eigenvalue weighted by Crippen LogP contribution is 2.41. The van der Waals surface area contributed by atoms with E-state index >= 15 is 0 Å². The highest BCUT2D eigenvalue weighted by molar-refractivity contribution is 5.83. The zero-order chi connectivity index (χ0) is 20.7. The van der Waals surface area contributed by atoms with Crippen molar-refractivity contribution < 1.29 is 29.3 Å². The Morgan fingerprint density at radius 1 is 1.32 bits per heavy atom. The molecule has 0 aliphatic carbocycles. The van der Waals surface area contributed by atoms with Gasteiger partial charge in [-0.3, -0.25) is 19.5 Å². The summed E-state index contributed by atoms with van der Waals surface area (Å²) in [7, 11) is 5.01. The van der Waals surface area contributed by atoms with Gasteiger partial charge in [-0.15, -0.1) is 0 Å². The minimum Gasteiger partial charge on any atom is -0.493 e. The highest BCUT2D eigenvalue weighted by atomic mass is 16.5. The van der Waals surface area contributed by atoms with Crippen LogP contribution in [0.15, 0.2) is 12.3 Å². The molecule has 0 aromatic carbocycles. The maximum Gasteiger partial charge on any atom is 0.290 e. The van der Waals surface area contributed by atoms with Crippen molar-refractivity contribution in [3.05, 3.63) is 18.0 Å². The molecular weight excluding hydrogens is 366 g/mol. The number of carboxylic acid groups (broad SMARTS) is 1. The Balaban J connectivity index is 0.000000878. The van der Waals surface area contributed by atoms with Crippen molar-refractivity contribution in [2.45, 2.75) is 31.9 Å². The highest BCUT2D eigenvalue weighted by Gasteiger charge is 2.47. The van der Waals surface area contributed by atoms with E-state index < -0.39 is 11.5 Å². The van der Waals surface area contributed by atoms with Crippen molar-refractivity contribution >= 4 is 12.4 Å². The average molecular weight is 395 g/mol. The molecule has 2 saturated heterocycles. The Morgan fingerprint density at radius 2 is 1.96 bits per heavy atom. The summed E-state index contributed by atoms with van der Waals surface area (Å²) in [4.78, 5) is 29.4. The third kappa shape index (κ3) is 4.71. The first-order valence-electron chi connectivity index (χ1n) is 9.20. The maximum atomic E-state index is 12.6. The molecule has 9 heteroatoms. The van der Waals surface area contributed by atoms with Crippen LogP contribution in [-0.2, 0) is 16.1 Å². The molecule has 0 bridgehead atoms. The molecule has 0 radical (unpaired) electrons. The second-order valence-corrected chi connectivity index (χ2v) is 7.20. The average Bonchev–Trinajstić information content (AvgIpc) is 2.68. The van der Waals surface area contributed by atoms with Crippen LogP contribution in [0.25, 0.3) is 0 Å². The Hall–Kier alpha value is -2.39. The lowest BCUT2D eigenvalue weighted by molar-refractivity contribution is -0.154. The molecule has 9 nitrogen and oxygen atoms in total. The van der Waals surface area contributed by atoms with Crippen LogP contribution in [0.2, 0.25) is 0 Å². The van der Waals surface area contributed by atoms with Crippen molar-refractivity contribution in [3.8, 4) is 11.5 Å². The molecule has 1 atom stereocenters. The predicted molar refractivity (Wildman–Crippen MR) is 101 cm³/mol. The third-order valence-electron chi connectivity index (χ3n) is 5.46. The topological polar surface area (TPSA) is 112 Å². The Labute approximate surface area is 164 Å².